The van der Waals surface area contributed by atoms with Crippen molar-refractivity contribution in [1.29, 1.82) is 0 Å². The second-order valence-electron chi connectivity index (χ2n) is 4.89. The highest BCUT2D eigenvalue weighted by atomic mass is 32.1. The standard InChI is InChI=1S/C13H20N2O2S/c1-8(16)11(14)7-15-13(17)10-3-2-4-12-9(10)5-6-18-12/h5-6,8,10-11,16H,2-4,7,14H2,1H3,(H,15,17). The molecular weight excluding hydrogens is 248 g/mol. The number of nitrogens with two attached hydrogens (primary N) is 1. The number of hydrogen-bond acceptors (Lipinski definition) is 4. The monoisotopic (exact) mass is 268 g/mol. The van der Waals surface area contributed by atoms with Gasteiger partial charge in [-0.05, 0) is 43.2 Å². The van der Waals surface area contributed by atoms with Crippen LogP contribution in [-0.2, 0) is 11.2 Å². The second kappa shape index (κ2) is 5.82. The van der Waals surface area contributed by atoms with Crippen LogP contribution in [0.25, 0.3) is 0 Å². The lowest BCUT2D eigenvalue weighted by atomic mass is 9.87. The van der Waals surface area contributed by atoms with Crippen LogP contribution in [0.5, 0.6) is 0 Å². The van der Waals surface area contributed by atoms with Crippen LogP contribution in [0.2, 0.25) is 0 Å². The first-order chi connectivity index (χ1) is 8.59. The van der Waals surface area contributed by atoms with Gasteiger partial charge in [-0.3, -0.25) is 4.79 Å². The average molecular weight is 268 g/mol. The molecule has 0 bridgehead atoms. The van der Waals surface area contributed by atoms with Crippen molar-refractivity contribution in [3.63, 3.8) is 0 Å². The summed E-state index contributed by atoms with van der Waals surface area (Å²) < 4.78 is 0. The highest BCUT2D eigenvalue weighted by Gasteiger charge is 2.27. The Hall–Kier alpha value is -0.910. The van der Waals surface area contributed by atoms with E-state index in [0.29, 0.717) is 6.54 Å². The summed E-state index contributed by atoms with van der Waals surface area (Å²) in [6, 6.07) is 1.65. The lowest BCUT2D eigenvalue weighted by molar-refractivity contribution is -0.123. The van der Waals surface area contributed by atoms with E-state index < -0.39 is 12.1 Å². The van der Waals surface area contributed by atoms with Crippen LogP contribution in [-0.4, -0.2) is 29.7 Å². The SMILES string of the molecule is CC(O)C(N)CNC(=O)C1CCCc2sccc21. The van der Waals surface area contributed by atoms with Crippen LogP contribution in [0.1, 0.15) is 36.1 Å². The molecule has 3 unspecified atom stereocenters. The lowest BCUT2D eigenvalue weighted by Gasteiger charge is -2.23. The van der Waals surface area contributed by atoms with Crippen molar-refractivity contribution in [2.75, 3.05) is 6.54 Å². The number of nitrogens with one attached hydrogen (secondary N) is 1. The van der Waals surface area contributed by atoms with Gasteiger partial charge in [0.1, 0.15) is 0 Å². The Balaban J connectivity index is 1.95. The van der Waals surface area contributed by atoms with Crippen LogP contribution in [0.15, 0.2) is 11.4 Å². The Morgan fingerprint density at radius 2 is 2.50 bits per heavy atom. The minimum Gasteiger partial charge on any atom is -0.392 e. The zero-order valence-electron chi connectivity index (χ0n) is 10.6. The van der Waals surface area contributed by atoms with Crippen molar-refractivity contribution < 1.29 is 9.90 Å². The van der Waals surface area contributed by atoms with E-state index in [0.717, 1.165) is 19.3 Å². The largest absolute Gasteiger partial charge is 0.392 e. The summed E-state index contributed by atoms with van der Waals surface area (Å²) in [7, 11) is 0. The van der Waals surface area contributed by atoms with Crippen molar-refractivity contribution in [1.82, 2.24) is 5.32 Å². The number of amides is 1. The van der Waals surface area contributed by atoms with Gasteiger partial charge in [-0.2, -0.15) is 0 Å². The molecule has 0 saturated heterocycles. The molecule has 0 spiro atoms. The van der Waals surface area contributed by atoms with Gasteiger partial charge in [0.15, 0.2) is 0 Å². The molecule has 18 heavy (non-hydrogen) atoms. The van der Waals surface area contributed by atoms with E-state index in [4.69, 9.17) is 5.73 Å². The third kappa shape index (κ3) is 2.91. The average Bonchev–Trinajstić information content (AvgIpc) is 2.83. The molecule has 1 aromatic heterocycles. The minimum atomic E-state index is -0.603. The third-order valence-corrected chi connectivity index (χ3v) is 4.50. The van der Waals surface area contributed by atoms with E-state index in [9.17, 15) is 9.90 Å². The summed E-state index contributed by atoms with van der Waals surface area (Å²) in [5.74, 6) is -0.00773. The topological polar surface area (TPSA) is 75.3 Å². The zero-order valence-corrected chi connectivity index (χ0v) is 11.4. The Kier molecular flexibility index (Phi) is 4.37. The predicted molar refractivity (Wildman–Crippen MR) is 72.7 cm³/mol. The van der Waals surface area contributed by atoms with Crippen molar-refractivity contribution in [3.05, 3.63) is 21.9 Å². The Morgan fingerprint density at radius 3 is 3.22 bits per heavy atom. The van der Waals surface area contributed by atoms with Crippen molar-refractivity contribution >= 4 is 17.2 Å². The van der Waals surface area contributed by atoms with Gasteiger partial charge in [-0.15, -0.1) is 11.3 Å². The van der Waals surface area contributed by atoms with Crippen molar-refractivity contribution in [3.8, 4) is 0 Å². The Bertz CT molecular complexity index is 417. The molecule has 1 aromatic rings. The first kappa shape index (κ1) is 13.5. The van der Waals surface area contributed by atoms with Crippen LogP contribution in [0.4, 0.5) is 0 Å². The van der Waals surface area contributed by atoms with Gasteiger partial charge >= 0.3 is 0 Å². The van der Waals surface area contributed by atoms with E-state index in [-0.39, 0.29) is 11.8 Å². The molecule has 0 saturated carbocycles. The summed E-state index contributed by atoms with van der Waals surface area (Å²) in [4.78, 5) is 13.5. The number of hydrogen-bond donors (Lipinski definition) is 3. The fraction of sp³-hybridized carbons (Fsp3) is 0.615. The minimum absolute atomic E-state index is 0.0328. The first-order valence-corrected chi connectivity index (χ1v) is 7.25. The summed E-state index contributed by atoms with van der Waals surface area (Å²) in [5.41, 5.74) is 6.88. The molecule has 0 aromatic carbocycles. The van der Waals surface area contributed by atoms with E-state index in [1.54, 1.807) is 18.3 Å². The Morgan fingerprint density at radius 1 is 1.72 bits per heavy atom. The molecular formula is C13H20N2O2S. The van der Waals surface area contributed by atoms with Crippen LogP contribution in [0.3, 0.4) is 0 Å². The van der Waals surface area contributed by atoms with E-state index in [1.165, 1.54) is 10.4 Å². The van der Waals surface area contributed by atoms with Crippen LogP contribution in [0, 0.1) is 0 Å². The molecule has 2 rings (SSSR count). The van der Waals surface area contributed by atoms with E-state index >= 15 is 0 Å². The molecule has 0 aliphatic heterocycles. The van der Waals surface area contributed by atoms with Crippen molar-refractivity contribution in [2.45, 2.75) is 44.2 Å². The van der Waals surface area contributed by atoms with Gasteiger partial charge in [0.2, 0.25) is 5.91 Å². The maximum Gasteiger partial charge on any atom is 0.227 e. The third-order valence-electron chi connectivity index (χ3n) is 3.50. The van der Waals surface area contributed by atoms with Gasteiger partial charge in [0, 0.05) is 17.5 Å². The van der Waals surface area contributed by atoms with Gasteiger partial charge in [-0.25, -0.2) is 0 Å². The number of fused-ring (bicyclic) bond motifs is 1. The molecule has 100 valence electrons. The van der Waals surface area contributed by atoms with Gasteiger partial charge in [-0.1, -0.05) is 0 Å². The quantitative estimate of drug-likeness (QED) is 0.762. The number of rotatable bonds is 4. The Labute approximate surface area is 111 Å². The lowest BCUT2D eigenvalue weighted by Crippen LogP contribution is -2.45. The number of carbonyl (C=O) groups is 1. The highest BCUT2D eigenvalue weighted by Crippen LogP contribution is 2.34. The summed E-state index contributed by atoms with van der Waals surface area (Å²) in [6.07, 6.45) is 2.45. The number of carbonyl (C=O) groups excluding carboxylic acids is 1. The van der Waals surface area contributed by atoms with Gasteiger partial charge < -0.3 is 16.2 Å². The van der Waals surface area contributed by atoms with Crippen molar-refractivity contribution in [2.24, 2.45) is 5.73 Å². The number of aliphatic hydroxyl groups excluding tert-OH is 1. The molecule has 3 atom stereocenters. The number of thiophene rings is 1. The highest BCUT2D eigenvalue weighted by molar-refractivity contribution is 7.10. The molecule has 0 radical (unpaired) electrons. The van der Waals surface area contributed by atoms with Crippen LogP contribution >= 0.6 is 11.3 Å². The summed E-state index contributed by atoms with van der Waals surface area (Å²) in [5, 5.41) is 14.2. The van der Waals surface area contributed by atoms with E-state index in [1.807, 2.05) is 0 Å². The first-order valence-electron chi connectivity index (χ1n) is 6.37. The molecule has 4 N–H and O–H groups in total. The fourth-order valence-corrected chi connectivity index (χ4v) is 3.26. The molecule has 0 fully saturated rings. The second-order valence-corrected chi connectivity index (χ2v) is 5.89. The maximum absolute atomic E-state index is 12.1. The smallest absolute Gasteiger partial charge is 0.227 e. The van der Waals surface area contributed by atoms with Gasteiger partial charge in [0.25, 0.3) is 0 Å². The number of aryl methyl sites for hydroxylation is 1. The fourth-order valence-electron chi connectivity index (χ4n) is 2.27. The molecule has 1 aliphatic carbocycles. The van der Waals surface area contributed by atoms with Crippen LogP contribution < -0.4 is 11.1 Å². The molecule has 1 amide bonds. The maximum atomic E-state index is 12.1. The summed E-state index contributed by atoms with van der Waals surface area (Å²) in [6.45, 7) is 1.96. The predicted octanol–water partition coefficient (Wildman–Crippen LogP) is 0.992. The number of aliphatic hydroxyl groups is 1. The van der Waals surface area contributed by atoms with E-state index in [2.05, 4.69) is 16.8 Å². The molecule has 4 nitrogen and oxygen atoms in total. The van der Waals surface area contributed by atoms with Gasteiger partial charge in [0.05, 0.1) is 12.0 Å². The normalized spacial score (nSPS) is 22.1. The summed E-state index contributed by atoms with van der Waals surface area (Å²) >= 11 is 1.73. The molecule has 1 heterocycles. The zero-order chi connectivity index (χ0) is 13.1. The molecule has 5 heteroatoms. The molecule has 1 aliphatic rings.